The minimum absolute atomic E-state index is 0.109. The van der Waals surface area contributed by atoms with Crippen molar-refractivity contribution in [3.8, 4) is 5.75 Å². The van der Waals surface area contributed by atoms with Gasteiger partial charge in [-0.2, -0.15) is 0 Å². The highest BCUT2D eigenvalue weighted by molar-refractivity contribution is 6.04. The van der Waals surface area contributed by atoms with Crippen LogP contribution in [0.4, 0.5) is 5.69 Å². The fourth-order valence-electron chi connectivity index (χ4n) is 2.74. The Morgan fingerprint density at radius 2 is 1.48 bits per heavy atom. The van der Waals surface area contributed by atoms with E-state index >= 15 is 0 Å². The zero-order chi connectivity index (χ0) is 21.1. The summed E-state index contributed by atoms with van der Waals surface area (Å²) in [4.78, 5) is 24.5. The lowest BCUT2D eigenvalue weighted by molar-refractivity contribution is 0.0938. The summed E-state index contributed by atoms with van der Waals surface area (Å²) < 4.78 is 5.71. The van der Waals surface area contributed by atoms with Crippen LogP contribution in [0.1, 0.15) is 73.6 Å². The van der Waals surface area contributed by atoms with Crippen LogP contribution in [0.25, 0.3) is 0 Å². The Morgan fingerprint density at radius 1 is 0.862 bits per heavy atom. The number of nitrogens with one attached hydrogen (secondary N) is 2. The van der Waals surface area contributed by atoms with Crippen LogP contribution in [-0.4, -0.2) is 24.5 Å². The maximum Gasteiger partial charge on any atom is 0.255 e. The van der Waals surface area contributed by atoms with Crippen LogP contribution in [0.3, 0.4) is 0 Å². The van der Waals surface area contributed by atoms with Gasteiger partial charge in [0.25, 0.3) is 11.8 Å². The molecule has 0 heterocycles. The maximum atomic E-state index is 12.4. The van der Waals surface area contributed by atoms with Crippen molar-refractivity contribution >= 4 is 17.5 Å². The summed E-state index contributed by atoms with van der Waals surface area (Å²) in [6.07, 6.45) is 5.53. The molecule has 0 saturated heterocycles. The van der Waals surface area contributed by atoms with Crippen molar-refractivity contribution in [2.24, 2.45) is 0 Å². The van der Waals surface area contributed by atoms with Crippen molar-refractivity contribution in [2.75, 3.05) is 11.9 Å². The average Bonchev–Trinajstić information content (AvgIpc) is 2.74. The molecule has 0 fully saturated rings. The summed E-state index contributed by atoms with van der Waals surface area (Å²) in [6.45, 7) is 6.87. The molecule has 2 aromatic rings. The summed E-state index contributed by atoms with van der Waals surface area (Å²) in [6, 6.07) is 14.2. The first-order chi connectivity index (χ1) is 14.0. The molecule has 2 N–H and O–H groups in total. The van der Waals surface area contributed by atoms with Gasteiger partial charge in [0, 0.05) is 22.9 Å². The number of anilines is 1. The highest BCUT2D eigenvalue weighted by Crippen LogP contribution is 2.16. The number of ether oxygens (including phenoxy) is 1. The van der Waals surface area contributed by atoms with E-state index in [0.29, 0.717) is 23.4 Å². The lowest BCUT2D eigenvalue weighted by Gasteiger charge is -2.12. The molecule has 156 valence electrons. The predicted octanol–water partition coefficient (Wildman–Crippen LogP) is 5.43. The molecule has 2 rings (SSSR count). The van der Waals surface area contributed by atoms with Crippen LogP contribution in [-0.2, 0) is 0 Å². The molecule has 0 aromatic heterocycles. The topological polar surface area (TPSA) is 67.4 Å². The molecule has 0 aliphatic heterocycles. The second-order valence-electron chi connectivity index (χ2n) is 7.25. The van der Waals surface area contributed by atoms with Gasteiger partial charge >= 0.3 is 0 Å². The molecule has 5 heteroatoms. The largest absolute Gasteiger partial charge is 0.494 e. The second-order valence-corrected chi connectivity index (χ2v) is 7.25. The molecule has 0 saturated carbocycles. The maximum absolute atomic E-state index is 12.4. The Bertz CT molecular complexity index is 770. The number of unbranched alkanes of at least 4 members (excludes halogenated alkanes) is 3. The molecule has 0 aliphatic carbocycles. The summed E-state index contributed by atoms with van der Waals surface area (Å²) in [7, 11) is 0. The highest BCUT2D eigenvalue weighted by atomic mass is 16.5. The lowest BCUT2D eigenvalue weighted by atomic mass is 10.1. The third-order valence-corrected chi connectivity index (χ3v) is 4.78. The van der Waals surface area contributed by atoms with Gasteiger partial charge in [-0.1, -0.05) is 33.1 Å². The number of hydrogen-bond acceptors (Lipinski definition) is 3. The Balaban J connectivity index is 1.85. The number of benzene rings is 2. The number of rotatable bonds is 11. The molecule has 5 nitrogen and oxygen atoms in total. The third-order valence-electron chi connectivity index (χ3n) is 4.78. The molecule has 0 aliphatic rings. The predicted molar refractivity (Wildman–Crippen MR) is 118 cm³/mol. The quantitative estimate of drug-likeness (QED) is 0.498. The van der Waals surface area contributed by atoms with Crippen LogP contribution in [0.5, 0.6) is 5.75 Å². The van der Waals surface area contributed by atoms with E-state index < -0.39 is 0 Å². The molecule has 0 bridgehead atoms. The van der Waals surface area contributed by atoms with Crippen LogP contribution in [0, 0.1) is 0 Å². The summed E-state index contributed by atoms with van der Waals surface area (Å²) in [5, 5.41) is 5.77. The Hall–Kier alpha value is -2.82. The molecule has 29 heavy (non-hydrogen) atoms. The van der Waals surface area contributed by atoms with Gasteiger partial charge in [0.15, 0.2) is 0 Å². The SMILES string of the molecule is CCCCCCOc1ccc(C(=O)Nc2ccc(C(=O)NC(C)CC)cc2)cc1. The van der Waals surface area contributed by atoms with E-state index in [1.54, 1.807) is 36.4 Å². The molecule has 2 amide bonds. The van der Waals surface area contributed by atoms with Crippen molar-refractivity contribution < 1.29 is 14.3 Å². The van der Waals surface area contributed by atoms with Crippen molar-refractivity contribution in [1.29, 1.82) is 0 Å². The summed E-state index contributed by atoms with van der Waals surface area (Å²) in [5.41, 5.74) is 1.78. The Labute approximate surface area is 173 Å². The zero-order valence-corrected chi connectivity index (χ0v) is 17.7. The van der Waals surface area contributed by atoms with E-state index in [-0.39, 0.29) is 17.9 Å². The summed E-state index contributed by atoms with van der Waals surface area (Å²) >= 11 is 0. The van der Waals surface area contributed by atoms with Crippen LogP contribution in [0.15, 0.2) is 48.5 Å². The van der Waals surface area contributed by atoms with Gasteiger partial charge in [0.1, 0.15) is 5.75 Å². The van der Waals surface area contributed by atoms with Gasteiger partial charge in [-0.25, -0.2) is 0 Å². The fourth-order valence-corrected chi connectivity index (χ4v) is 2.74. The first-order valence-electron chi connectivity index (χ1n) is 10.5. The fraction of sp³-hybridized carbons (Fsp3) is 0.417. The molecular formula is C24H32N2O3. The average molecular weight is 397 g/mol. The van der Waals surface area contributed by atoms with Gasteiger partial charge in [0.2, 0.25) is 0 Å². The van der Waals surface area contributed by atoms with Crippen molar-refractivity contribution in [3.63, 3.8) is 0 Å². The molecule has 0 radical (unpaired) electrons. The van der Waals surface area contributed by atoms with Gasteiger partial charge in [0.05, 0.1) is 6.61 Å². The Kier molecular flexibility index (Phi) is 9.22. The van der Waals surface area contributed by atoms with Gasteiger partial charge in [-0.3, -0.25) is 9.59 Å². The number of carbonyl (C=O) groups excluding carboxylic acids is 2. The van der Waals surface area contributed by atoms with Crippen LogP contribution in [0.2, 0.25) is 0 Å². The van der Waals surface area contributed by atoms with E-state index in [1.165, 1.54) is 19.3 Å². The Morgan fingerprint density at radius 3 is 2.10 bits per heavy atom. The van der Waals surface area contributed by atoms with Crippen molar-refractivity contribution in [2.45, 2.75) is 58.9 Å². The van der Waals surface area contributed by atoms with Crippen LogP contribution >= 0.6 is 0 Å². The van der Waals surface area contributed by atoms with Crippen molar-refractivity contribution in [1.82, 2.24) is 5.32 Å². The first kappa shape index (κ1) is 22.5. The second kappa shape index (κ2) is 11.9. The minimum atomic E-state index is -0.198. The highest BCUT2D eigenvalue weighted by Gasteiger charge is 2.10. The molecular weight excluding hydrogens is 364 g/mol. The number of carbonyl (C=O) groups is 2. The van der Waals surface area contributed by atoms with Gasteiger partial charge in [-0.15, -0.1) is 0 Å². The van der Waals surface area contributed by atoms with E-state index in [1.807, 2.05) is 26.0 Å². The number of hydrogen-bond donors (Lipinski definition) is 2. The minimum Gasteiger partial charge on any atom is -0.494 e. The van der Waals surface area contributed by atoms with E-state index in [4.69, 9.17) is 4.74 Å². The van der Waals surface area contributed by atoms with Crippen LogP contribution < -0.4 is 15.4 Å². The monoisotopic (exact) mass is 396 g/mol. The van der Waals surface area contributed by atoms with E-state index in [9.17, 15) is 9.59 Å². The molecule has 2 aromatic carbocycles. The number of amides is 2. The summed E-state index contributed by atoms with van der Waals surface area (Å²) in [5.74, 6) is 0.466. The van der Waals surface area contributed by atoms with Crippen molar-refractivity contribution in [3.05, 3.63) is 59.7 Å². The van der Waals surface area contributed by atoms with Gasteiger partial charge in [-0.05, 0) is 68.3 Å². The van der Waals surface area contributed by atoms with E-state index in [2.05, 4.69) is 17.6 Å². The molecule has 0 spiro atoms. The standard InChI is InChI=1S/C24H32N2O3/c1-4-6-7-8-17-29-22-15-11-20(12-16-22)24(28)26-21-13-9-19(10-14-21)23(27)25-18(3)5-2/h9-16,18H,4-8,17H2,1-3H3,(H,25,27)(H,26,28). The van der Waals surface area contributed by atoms with Gasteiger partial charge < -0.3 is 15.4 Å². The molecule has 1 unspecified atom stereocenters. The normalized spacial score (nSPS) is 11.6. The first-order valence-corrected chi connectivity index (χ1v) is 10.5. The smallest absolute Gasteiger partial charge is 0.255 e. The lowest BCUT2D eigenvalue weighted by Crippen LogP contribution is -2.31. The van der Waals surface area contributed by atoms with E-state index in [0.717, 1.165) is 18.6 Å². The zero-order valence-electron chi connectivity index (χ0n) is 17.7. The third kappa shape index (κ3) is 7.60. The molecule has 1 atom stereocenters.